The van der Waals surface area contributed by atoms with Gasteiger partial charge in [-0.15, -0.1) is 0 Å². The van der Waals surface area contributed by atoms with Gasteiger partial charge in [-0.1, -0.05) is 6.07 Å². The molecule has 0 aliphatic carbocycles. The Balaban J connectivity index is 2.60. The van der Waals surface area contributed by atoms with Gasteiger partial charge in [0.15, 0.2) is 0 Å². The predicted octanol–water partition coefficient (Wildman–Crippen LogP) is 1.79. The number of nitrogens with one attached hydrogen (secondary N) is 1. The summed E-state index contributed by atoms with van der Waals surface area (Å²) in [6, 6.07) is 2.15. The van der Waals surface area contributed by atoms with E-state index in [0.717, 1.165) is 11.1 Å². The van der Waals surface area contributed by atoms with Gasteiger partial charge < -0.3 is 5.11 Å². The number of hydrogen-bond acceptors (Lipinski definition) is 2. The third-order valence-electron chi connectivity index (χ3n) is 3.04. The molecule has 0 aromatic heterocycles. The Morgan fingerprint density at radius 2 is 2.25 bits per heavy atom. The quantitative estimate of drug-likeness (QED) is 0.763. The molecule has 1 aliphatic heterocycles. The lowest BCUT2D eigenvalue weighted by Gasteiger charge is -2.30. The third-order valence-corrected chi connectivity index (χ3v) is 3.04. The molecule has 16 heavy (non-hydrogen) atoms. The van der Waals surface area contributed by atoms with Crippen LogP contribution in [0.3, 0.4) is 0 Å². The lowest BCUT2D eigenvalue weighted by molar-refractivity contribution is -0.140. The smallest absolute Gasteiger partial charge is 0.325 e. The van der Waals surface area contributed by atoms with Crippen molar-refractivity contribution in [3.8, 4) is 0 Å². The summed E-state index contributed by atoms with van der Waals surface area (Å²) >= 11 is 0. The van der Waals surface area contributed by atoms with Gasteiger partial charge in [0.1, 0.15) is 11.9 Å². The van der Waals surface area contributed by atoms with Crippen molar-refractivity contribution in [2.45, 2.75) is 32.4 Å². The fourth-order valence-corrected chi connectivity index (χ4v) is 2.26. The molecule has 1 aromatic rings. The second-order valence-electron chi connectivity index (χ2n) is 4.30. The molecule has 2 rings (SSSR count). The highest BCUT2D eigenvalue weighted by Crippen LogP contribution is 2.30. The highest BCUT2D eigenvalue weighted by Gasteiger charge is 2.32. The van der Waals surface area contributed by atoms with Crippen molar-refractivity contribution in [2.24, 2.45) is 0 Å². The van der Waals surface area contributed by atoms with Crippen LogP contribution in [-0.4, -0.2) is 17.1 Å². The molecule has 0 spiro atoms. The van der Waals surface area contributed by atoms with Gasteiger partial charge in [-0.3, -0.25) is 10.1 Å². The number of carbonyl (C=O) groups is 1. The molecule has 3 nitrogen and oxygen atoms in total. The minimum atomic E-state index is -1.03. The van der Waals surface area contributed by atoms with Gasteiger partial charge in [0.2, 0.25) is 0 Å². The fraction of sp³-hybridized carbons (Fsp3) is 0.417. The van der Waals surface area contributed by atoms with E-state index in [0.29, 0.717) is 12.0 Å². The maximum Gasteiger partial charge on any atom is 0.325 e. The summed E-state index contributed by atoms with van der Waals surface area (Å²) in [5.41, 5.74) is 2.08. The molecule has 0 fully saturated rings. The van der Waals surface area contributed by atoms with Gasteiger partial charge in [0.25, 0.3) is 0 Å². The number of aliphatic carboxylic acids is 1. The number of fused-ring (bicyclic) bond motifs is 1. The van der Waals surface area contributed by atoms with Crippen LogP contribution in [-0.2, 0) is 11.2 Å². The zero-order chi connectivity index (χ0) is 11.9. The second-order valence-corrected chi connectivity index (χ2v) is 4.30. The highest BCUT2D eigenvalue weighted by atomic mass is 19.1. The van der Waals surface area contributed by atoms with Crippen LogP contribution in [0.15, 0.2) is 12.1 Å². The highest BCUT2D eigenvalue weighted by molar-refractivity contribution is 5.77. The summed E-state index contributed by atoms with van der Waals surface area (Å²) in [6.07, 6.45) is 0.669. The van der Waals surface area contributed by atoms with E-state index >= 15 is 0 Å². The van der Waals surface area contributed by atoms with Gasteiger partial charge in [-0.2, -0.15) is 0 Å². The van der Waals surface area contributed by atoms with E-state index in [4.69, 9.17) is 5.11 Å². The predicted molar refractivity (Wildman–Crippen MR) is 57.8 cm³/mol. The number of benzene rings is 1. The summed E-state index contributed by atoms with van der Waals surface area (Å²) in [7, 11) is 0. The normalized spacial score (nSPS) is 23.9. The average Bonchev–Trinajstić information content (AvgIpc) is 2.22. The van der Waals surface area contributed by atoms with Gasteiger partial charge in [-0.25, -0.2) is 4.39 Å². The van der Waals surface area contributed by atoms with E-state index in [1.54, 1.807) is 6.07 Å². The van der Waals surface area contributed by atoms with Crippen LogP contribution in [0.1, 0.15) is 29.7 Å². The molecule has 1 aromatic carbocycles. The molecule has 86 valence electrons. The molecular formula is C12H14FNO2. The molecule has 4 heteroatoms. The molecular weight excluding hydrogens is 209 g/mol. The van der Waals surface area contributed by atoms with Gasteiger partial charge in [0.05, 0.1) is 0 Å². The summed E-state index contributed by atoms with van der Waals surface area (Å²) in [4.78, 5) is 11.1. The first-order valence-corrected chi connectivity index (χ1v) is 5.27. The molecule has 2 unspecified atom stereocenters. The van der Waals surface area contributed by atoms with Crippen LogP contribution in [0.4, 0.5) is 4.39 Å². The van der Waals surface area contributed by atoms with Crippen LogP contribution in [0.2, 0.25) is 0 Å². The van der Waals surface area contributed by atoms with Crippen molar-refractivity contribution in [1.82, 2.24) is 5.32 Å². The van der Waals surface area contributed by atoms with E-state index in [9.17, 15) is 9.18 Å². The van der Waals surface area contributed by atoms with Crippen LogP contribution < -0.4 is 5.32 Å². The molecule has 0 radical (unpaired) electrons. The van der Waals surface area contributed by atoms with Crippen LogP contribution in [0.25, 0.3) is 0 Å². The molecule has 2 N–H and O–H groups in total. The number of aryl methyl sites for hydroxylation is 1. The lowest BCUT2D eigenvalue weighted by atomic mass is 9.87. The summed E-state index contributed by atoms with van der Waals surface area (Å²) in [5, 5.41) is 12.0. The monoisotopic (exact) mass is 223 g/mol. The standard InChI is InChI=1S/C12H14FNO2/c1-6-3-4-9(13)10-8(6)5-7(2)14-11(10)12(15)16/h3-4,7,11,14H,5H2,1-2H3,(H,15,16). The summed E-state index contributed by atoms with van der Waals surface area (Å²) < 4.78 is 13.7. The molecule has 0 saturated heterocycles. The zero-order valence-electron chi connectivity index (χ0n) is 9.25. The number of halogens is 1. The van der Waals surface area contributed by atoms with E-state index < -0.39 is 17.8 Å². The van der Waals surface area contributed by atoms with E-state index in [2.05, 4.69) is 5.32 Å². The number of hydrogen-bond donors (Lipinski definition) is 2. The SMILES string of the molecule is Cc1ccc(F)c2c1CC(C)NC2C(=O)O. The molecule has 1 aliphatic rings. The van der Waals surface area contributed by atoms with E-state index in [1.807, 2.05) is 13.8 Å². The first kappa shape index (κ1) is 11.1. The lowest BCUT2D eigenvalue weighted by Crippen LogP contribution is -2.42. The van der Waals surface area contributed by atoms with Crippen molar-refractivity contribution >= 4 is 5.97 Å². The van der Waals surface area contributed by atoms with Gasteiger partial charge >= 0.3 is 5.97 Å². The fourth-order valence-electron chi connectivity index (χ4n) is 2.26. The Hall–Kier alpha value is -1.42. The van der Waals surface area contributed by atoms with Crippen molar-refractivity contribution in [1.29, 1.82) is 0 Å². The van der Waals surface area contributed by atoms with Crippen molar-refractivity contribution in [2.75, 3.05) is 0 Å². The molecule has 0 saturated carbocycles. The zero-order valence-corrected chi connectivity index (χ0v) is 9.25. The van der Waals surface area contributed by atoms with Crippen LogP contribution >= 0.6 is 0 Å². The van der Waals surface area contributed by atoms with Crippen molar-refractivity contribution in [3.05, 3.63) is 34.6 Å². The summed E-state index contributed by atoms with van der Waals surface area (Å²) in [6.45, 7) is 3.79. The second kappa shape index (κ2) is 3.87. The largest absolute Gasteiger partial charge is 0.480 e. The van der Waals surface area contributed by atoms with E-state index in [1.165, 1.54) is 6.07 Å². The van der Waals surface area contributed by atoms with Crippen molar-refractivity contribution in [3.63, 3.8) is 0 Å². The Kier molecular flexibility index (Phi) is 2.68. The van der Waals surface area contributed by atoms with E-state index in [-0.39, 0.29) is 6.04 Å². The first-order valence-electron chi connectivity index (χ1n) is 5.27. The maximum atomic E-state index is 13.7. The topological polar surface area (TPSA) is 49.3 Å². The van der Waals surface area contributed by atoms with Crippen LogP contribution in [0.5, 0.6) is 0 Å². The molecule has 0 bridgehead atoms. The Morgan fingerprint density at radius 1 is 1.56 bits per heavy atom. The minimum absolute atomic E-state index is 0.0501. The molecule has 2 atom stereocenters. The Bertz CT molecular complexity index is 445. The molecule has 0 amide bonds. The minimum Gasteiger partial charge on any atom is -0.480 e. The summed E-state index contributed by atoms with van der Waals surface area (Å²) in [5.74, 6) is -1.47. The Labute approximate surface area is 93.3 Å². The van der Waals surface area contributed by atoms with Gasteiger partial charge in [0, 0.05) is 11.6 Å². The number of rotatable bonds is 1. The van der Waals surface area contributed by atoms with Gasteiger partial charge in [-0.05, 0) is 37.5 Å². The third kappa shape index (κ3) is 1.69. The number of carboxylic acid groups (broad SMARTS) is 1. The molecule has 1 heterocycles. The average molecular weight is 223 g/mol. The van der Waals surface area contributed by atoms with Crippen molar-refractivity contribution < 1.29 is 14.3 Å². The van der Waals surface area contributed by atoms with Crippen LogP contribution in [0, 0.1) is 12.7 Å². The Morgan fingerprint density at radius 3 is 2.88 bits per heavy atom. The maximum absolute atomic E-state index is 13.7. The number of carboxylic acids is 1. The first-order chi connectivity index (χ1) is 7.50.